The Balaban J connectivity index is 2.51. The van der Waals surface area contributed by atoms with Gasteiger partial charge in [0.2, 0.25) is 10.0 Å². The van der Waals surface area contributed by atoms with Crippen molar-refractivity contribution in [2.45, 2.75) is 31.2 Å². The van der Waals surface area contributed by atoms with Crippen molar-refractivity contribution >= 4 is 27.3 Å². The number of aliphatic hydroxyl groups excluding tert-OH is 1. The van der Waals surface area contributed by atoms with E-state index >= 15 is 0 Å². The molecule has 112 valence electrons. The first-order chi connectivity index (χ1) is 9.30. The van der Waals surface area contributed by atoms with Crippen molar-refractivity contribution in [3.8, 4) is 0 Å². The first-order valence-electron chi connectivity index (χ1n) is 6.24. The molecule has 0 aromatic carbocycles. The van der Waals surface area contributed by atoms with Gasteiger partial charge in [-0.05, 0) is 30.2 Å². The Hall–Kier alpha value is -0.960. The van der Waals surface area contributed by atoms with E-state index in [1.54, 1.807) is 6.92 Å². The van der Waals surface area contributed by atoms with Crippen LogP contribution in [0.1, 0.15) is 28.6 Å². The molecule has 2 rings (SSSR count). The molecule has 1 fully saturated rings. The quantitative estimate of drug-likeness (QED) is 0.868. The summed E-state index contributed by atoms with van der Waals surface area (Å²) in [6.45, 7) is 3.52. The van der Waals surface area contributed by atoms with E-state index in [4.69, 9.17) is 5.11 Å². The van der Waals surface area contributed by atoms with Gasteiger partial charge in [0.05, 0.1) is 12.6 Å². The molecule has 0 saturated carbocycles. The third kappa shape index (κ3) is 2.37. The van der Waals surface area contributed by atoms with Crippen LogP contribution in [0.3, 0.4) is 0 Å². The molecule has 0 aliphatic carbocycles. The SMILES string of the molecule is Cc1csc(C(=O)O)c1S(=O)(=O)N1CCC(C)C1CO. The number of aryl methyl sites for hydroxylation is 1. The number of carbonyl (C=O) groups is 1. The molecular weight excluding hydrogens is 302 g/mol. The number of hydrogen-bond donors (Lipinski definition) is 2. The normalized spacial score (nSPS) is 24.1. The van der Waals surface area contributed by atoms with Gasteiger partial charge in [-0.15, -0.1) is 11.3 Å². The Kier molecular flexibility index (Phi) is 4.19. The zero-order valence-corrected chi connectivity index (χ0v) is 12.9. The Morgan fingerprint density at radius 3 is 2.75 bits per heavy atom. The van der Waals surface area contributed by atoms with E-state index in [0.717, 1.165) is 11.3 Å². The number of sulfonamides is 1. The van der Waals surface area contributed by atoms with Crippen molar-refractivity contribution in [2.24, 2.45) is 5.92 Å². The molecule has 2 heterocycles. The van der Waals surface area contributed by atoms with Crippen molar-refractivity contribution in [3.63, 3.8) is 0 Å². The van der Waals surface area contributed by atoms with Gasteiger partial charge in [-0.25, -0.2) is 13.2 Å². The highest BCUT2D eigenvalue weighted by molar-refractivity contribution is 7.89. The maximum Gasteiger partial charge on any atom is 0.347 e. The summed E-state index contributed by atoms with van der Waals surface area (Å²) in [5.74, 6) is -1.18. The van der Waals surface area contributed by atoms with Crippen LogP contribution in [-0.2, 0) is 10.0 Å². The summed E-state index contributed by atoms with van der Waals surface area (Å²) in [7, 11) is -3.89. The van der Waals surface area contributed by atoms with Gasteiger partial charge >= 0.3 is 5.97 Å². The molecule has 2 unspecified atom stereocenters. The molecule has 0 spiro atoms. The van der Waals surface area contributed by atoms with Crippen LogP contribution in [0, 0.1) is 12.8 Å². The van der Waals surface area contributed by atoms with Gasteiger partial charge in [0.15, 0.2) is 0 Å². The van der Waals surface area contributed by atoms with Crippen LogP contribution < -0.4 is 0 Å². The maximum atomic E-state index is 12.7. The molecule has 1 aliphatic heterocycles. The molecule has 8 heteroatoms. The van der Waals surface area contributed by atoms with Crippen molar-refractivity contribution < 1.29 is 23.4 Å². The molecule has 2 atom stereocenters. The van der Waals surface area contributed by atoms with Gasteiger partial charge in [0.1, 0.15) is 9.77 Å². The van der Waals surface area contributed by atoms with E-state index in [2.05, 4.69) is 0 Å². The number of rotatable bonds is 4. The van der Waals surface area contributed by atoms with E-state index in [1.165, 1.54) is 9.69 Å². The topological polar surface area (TPSA) is 94.9 Å². The molecule has 1 aromatic heterocycles. The second-order valence-corrected chi connectivity index (χ2v) is 7.72. The van der Waals surface area contributed by atoms with Crippen molar-refractivity contribution in [2.75, 3.05) is 13.2 Å². The molecule has 0 bridgehead atoms. The molecule has 1 aromatic rings. The lowest BCUT2D eigenvalue weighted by Gasteiger charge is -2.24. The van der Waals surface area contributed by atoms with E-state index in [9.17, 15) is 18.3 Å². The van der Waals surface area contributed by atoms with E-state index in [-0.39, 0.29) is 22.3 Å². The van der Waals surface area contributed by atoms with Gasteiger partial charge in [-0.2, -0.15) is 4.31 Å². The largest absolute Gasteiger partial charge is 0.477 e. The Morgan fingerprint density at radius 2 is 2.20 bits per heavy atom. The van der Waals surface area contributed by atoms with Crippen LogP contribution in [0.15, 0.2) is 10.3 Å². The second-order valence-electron chi connectivity index (χ2n) is 5.01. The van der Waals surface area contributed by atoms with Gasteiger partial charge in [-0.3, -0.25) is 0 Å². The smallest absolute Gasteiger partial charge is 0.347 e. The van der Waals surface area contributed by atoms with Crippen molar-refractivity contribution in [1.29, 1.82) is 0 Å². The first kappa shape index (κ1) is 15.4. The molecule has 0 radical (unpaired) electrons. The molecular formula is C12H17NO5S2. The highest BCUT2D eigenvalue weighted by atomic mass is 32.2. The number of carboxylic acids is 1. The summed E-state index contributed by atoms with van der Waals surface area (Å²) >= 11 is 0.912. The summed E-state index contributed by atoms with van der Waals surface area (Å²) in [4.78, 5) is 10.9. The van der Waals surface area contributed by atoms with Gasteiger partial charge in [-0.1, -0.05) is 6.92 Å². The molecule has 2 N–H and O–H groups in total. The average molecular weight is 319 g/mol. The van der Waals surface area contributed by atoms with Crippen LogP contribution in [0.5, 0.6) is 0 Å². The highest BCUT2D eigenvalue weighted by Gasteiger charge is 2.41. The van der Waals surface area contributed by atoms with E-state index in [1.807, 2.05) is 6.92 Å². The van der Waals surface area contributed by atoms with Crippen molar-refractivity contribution in [1.82, 2.24) is 4.31 Å². The minimum atomic E-state index is -3.89. The predicted octanol–water partition coefficient (Wildman–Crippen LogP) is 1.15. The molecule has 0 amide bonds. The zero-order valence-electron chi connectivity index (χ0n) is 11.2. The monoisotopic (exact) mass is 319 g/mol. The number of thiophene rings is 1. The minimum absolute atomic E-state index is 0.0574. The third-order valence-electron chi connectivity index (χ3n) is 3.70. The van der Waals surface area contributed by atoms with E-state index < -0.39 is 22.0 Å². The number of aromatic carboxylic acids is 1. The van der Waals surface area contributed by atoms with Gasteiger partial charge in [0.25, 0.3) is 0 Å². The summed E-state index contributed by atoms with van der Waals surface area (Å²) in [6.07, 6.45) is 0.663. The fourth-order valence-electron chi connectivity index (χ4n) is 2.56. The Morgan fingerprint density at radius 1 is 1.55 bits per heavy atom. The van der Waals surface area contributed by atoms with Crippen molar-refractivity contribution in [3.05, 3.63) is 15.8 Å². The third-order valence-corrected chi connectivity index (χ3v) is 7.03. The summed E-state index contributed by atoms with van der Waals surface area (Å²) in [5.41, 5.74) is 0.434. The maximum absolute atomic E-state index is 12.7. The lowest BCUT2D eigenvalue weighted by atomic mass is 10.0. The fraction of sp³-hybridized carbons (Fsp3) is 0.583. The Labute approximate surface area is 121 Å². The second kappa shape index (κ2) is 5.44. The number of hydrogen-bond acceptors (Lipinski definition) is 5. The number of carboxylic acid groups (broad SMARTS) is 1. The number of aliphatic hydroxyl groups is 1. The van der Waals surface area contributed by atoms with Crippen LogP contribution in [-0.4, -0.2) is 48.1 Å². The summed E-state index contributed by atoms with van der Waals surface area (Å²) in [6, 6.07) is -0.485. The van der Waals surface area contributed by atoms with Gasteiger partial charge < -0.3 is 10.2 Å². The first-order valence-corrected chi connectivity index (χ1v) is 8.56. The zero-order chi connectivity index (χ0) is 15.1. The summed E-state index contributed by atoms with van der Waals surface area (Å²) in [5, 5.41) is 20.1. The highest BCUT2D eigenvalue weighted by Crippen LogP contribution is 2.35. The Bertz CT molecular complexity index is 622. The fourth-order valence-corrected chi connectivity index (χ4v) is 5.88. The summed E-state index contributed by atoms with van der Waals surface area (Å²) < 4.78 is 26.7. The lowest BCUT2D eigenvalue weighted by Crippen LogP contribution is -2.40. The minimum Gasteiger partial charge on any atom is -0.477 e. The number of nitrogens with zero attached hydrogens (tertiary/aromatic N) is 1. The predicted molar refractivity (Wildman–Crippen MR) is 74.6 cm³/mol. The molecule has 1 saturated heterocycles. The van der Waals surface area contributed by atoms with Crippen LogP contribution in [0.25, 0.3) is 0 Å². The molecule has 6 nitrogen and oxygen atoms in total. The van der Waals surface area contributed by atoms with Crippen LogP contribution >= 0.6 is 11.3 Å². The van der Waals surface area contributed by atoms with Crippen LogP contribution in [0.4, 0.5) is 0 Å². The lowest BCUT2D eigenvalue weighted by molar-refractivity contribution is 0.0698. The van der Waals surface area contributed by atoms with Crippen LogP contribution in [0.2, 0.25) is 0 Å². The van der Waals surface area contributed by atoms with E-state index in [0.29, 0.717) is 18.5 Å². The molecule has 20 heavy (non-hydrogen) atoms. The van der Waals surface area contributed by atoms with Gasteiger partial charge in [0, 0.05) is 6.54 Å². The standard InChI is InChI=1S/C12H17NO5S2/c1-7-3-4-13(9(7)5-14)20(17,18)11-8(2)6-19-10(11)12(15)16/h6-7,9,14H,3-5H2,1-2H3,(H,15,16). The average Bonchev–Trinajstić information content (AvgIpc) is 2.92. The molecule has 1 aliphatic rings.